The molecule has 6 nitrogen and oxygen atoms in total. The zero-order valence-electron chi connectivity index (χ0n) is 15.5. The Morgan fingerprint density at radius 1 is 0.929 bits per heavy atom. The Kier molecular flexibility index (Phi) is 6.09. The molecule has 1 aliphatic carbocycles. The van der Waals surface area contributed by atoms with Gasteiger partial charge in [-0.3, -0.25) is 14.6 Å². The van der Waals surface area contributed by atoms with Crippen molar-refractivity contribution in [2.75, 3.05) is 13.1 Å². The van der Waals surface area contributed by atoms with E-state index in [2.05, 4.69) is 71.0 Å². The van der Waals surface area contributed by atoms with E-state index in [1.54, 1.807) is 0 Å². The molecule has 1 aliphatic heterocycles. The number of nitrogens with one attached hydrogen (secondary N) is 1. The molecule has 0 saturated heterocycles. The van der Waals surface area contributed by atoms with Crippen LogP contribution in [0.5, 0.6) is 0 Å². The number of aliphatic carboxylic acids is 2. The lowest BCUT2D eigenvalue weighted by Gasteiger charge is -2.19. The lowest BCUT2D eigenvalue weighted by Crippen LogP contribution is -2.25. The Bertz CT molecular complexity index is 796. The van der Waals surface area contributed by atoms with Crippen LogP contribution in [0.25, 0.3) is 0 Å². The van der Waals surface area contributed by atoms with Gasteiger partial charge in [-0.15, -0.1) is 0 Å². The molecule has 146 valence electrons. The molecule has 2 aliphatic rings. The van der Waals surface area contributed by atoms with E-state index in [0.29, 0.717) is 5.92 Å². The van der Waals surface area contributed by atoms with E-state index in [0.717, 1.165) is 19.5 Å². The molecular weight excluding hydrogens is 356 g/mol. The topological polar surface area (TPSA) is 99.0 Å². The molecule has 1 saturated carbocycles. The van der Waals surface area contributed by atoms with E-state index in [1.165, 1.54) is 17.0 Å². The fraction of sp³-hybridized carbons (Fsp3) is 0.318. The number of carbonyl (C=O) groups is 2. The number of carboxylic acid groups (broad SMARTS) is 2. The third-order valence-corrected chi connectivity index (χ3v) is 5.12. The second-order valence-corrected chi connectivity index (χ2v) is 6.94. The van der Waals surface area contributed by atoms with Gasteiger partial charge in [0.1, 0.15) is 5.84 Å². The van der Waals surface area contributed by atoms with Crippen LogP contribution in [-0.2, 0) is 15.0 Å². The minimum atomic E-state index is -1.08. The molecule has 0 aromatic heterocycles. The second kappa shape index (κ2) is 8.69. The van der Waals surface area contributed by atoms with Gasteiger partial charge in [0.2, 0.25) is 0 Å². The molecular formula is C22H24N2O4. The molecule has 1 fully saturated rings. The highest BCUT2D eigenvalue weighted by atomic mass is 16.4. The molecule has 0 amide bonds. The predicted molar refractivity (Wildman–Crippen MR) is 107 cm³/mol. The van der Waals surface area contributed by atoms with Crippen LogP contribution in [0.2, 0.25) is 0 Å². The Morgan fingerprint density at radius 2 is 1.43 bits per heavy atom. The lowest BCUT2D eigenvalue weighted by atomic mass is 9.85. The molecule has 1 atom stereocenters. The van der Waals surface area contributed by atoms with Crippen LogP contribution in [0.15, 0.2) is 65.7 Å². The number of hydrogen-bond donors (Lipinski definition) is 3. The first-order valence-corrected chi connectivity index (χ1v) is 9.37. The summed E-state index contributed by atoms with van der Waals surface area (Å²) >= 11 is 0. The molecule has 0 radical (unpaired) electrons. The van der Waals surface area contributed by atoms with Gasteiger partial charge in [-0.25, -0.2) is 0 Å². The van der Waals surface area contributed by atoms with Gasteiger partial charge in [-0.1, -0.05) is 60.7 Å². The Hall–Kier alpha value is -3.15. The van der Waals surface area contributed by atoms with Crippen LogP contribution in [0.3, 0.4) is 0 Å². The Morgan fingerprint density at radius 3 is 1.82 bits per heavy atom. The normalized spacial score (nSPS) is 18.9. The predicted octanol–water partition coefficient (Wildman–Crippen LogP) is 2.93. The SMILES string of the molecule is O=C(O)CCC(=O)O.c1ccc(C2(c3ccccc3)C[C@H]2C2=NCCN2)cc1. The van der Waals surface area contributed by atoms with Crippen molar-refractivity contribution >= 4 is 17.8 Å². The summed E-state index contributed by atoms with van der Waals surface area (Å²) < 4.78 is 0. The van der Waals surface area contributed by atoms with Gasteiger partial charge in [0, 0.05) is 17.9 Å². The van der Waals surface area contributed by atoms with Crippen molar-refractivity contribution in [2.24, 2.45) is 10.9 Å². The maximum absolute atomic E-state index is 9.64. The monoisotopic (exact) mass is 380 g/mol. The van der Waals surface area contributed by atoms with Gasteiger partial charge in [-0.05, 0) is 17.5 Å². The number of amidine groups is 1. The van der Waals surface area contributed by atoms with E-state index in [1.807, 2.05) is 0 Å². The van der Waals surface area contributed by atoms with E-state index in [-0.39, 0.29) is 18.3 Å². The molecule has 6 heteroatoms. The van der Waals surface area contributed by atoms with Gasteiger partial charge in [-0.2, -0.15) is 0 Å². The Balaban J connectivity index is 0.000000242. The van der Waals surface area contributed by atoms with Crippen LogP contribution in [0.1, 0.15) is 30.4 Å². The van der Waals surface area contributed by atoms with Gasteiger partial charge >= 0.3 is 11.9 Å². The summed E-state index contributed by atoms with van der Waals surface area (Å²) in [5.41, 5.74) is 2.94. The number of rotatable bonds is 6. The van der Waals surface area contributed by atoms with Crippen molar-refractivity contribution in [3.63, 3.8) is 0 Å². The molecule has 0 bridgehead atoms. The number of benzene rings is 2. The number of carboxylic acids is 2. The van der Waals surface area contributed by atoms with Gasteiger partial charge in [0.25, 0.3) is 0 Å². The third kappa shape index (κ3) is 4.39. The molecule has 28 heavy (non-hydrogen) atoms. The molecule has 4 rings (SSSR count). The smallest absolute Gasteiger partial charge is 0.303 e. The summed E-state index contributed by atoms with van der Waals surface area (Å²) in [7, 11) is 0. The van der Waals surface area contributed by atoms with Crippen molar-refractivity contribution in [3.8, 4) is 0 Å². The van der Waals surface area contributed by atoms with E-state index < -0.39 is 11.9 Å². The highest BCUT2D eigenvalue weighted by Crippen LogP contribution is 2.59. The standard InChI is InChI=1S/C18H18N2.C4H6O4/c1-3-7-14(8-4-1)18(15-9-5-2-6-10-15)13-16(18)17-19-11-12-20-17;5-3(6)1-2-4(7)8/h1-10,16H,11-13H2,(H,19,20);1-2H2,(H,5,6)(H,7,8)/t16-;/m0./s1. The van der Waals surface area contributed by atoms with Crippen molar-refractivity contribution in [3.05, 3.63) is 71.8 Å². The maximum atomic E-state index is 9.64. The lowest BCUT2D eigenvalue weighted by molar-refractivity contribution is -0.143. The van der Waals surface area contributed by atoms with E-state index in [9.17, 15) is 9.59 Å². The van der Waals surface area contributed by atoms with Crippen LogP contribution in [-0.4, -0.2) is 41.1 Å². The zero-order valence-corrected chi connectivity index (χ0v) is 15.5. The quantitative estimate of drug-likeness (QED) is 0.716. The average Bonchev–Trinajstić information content (AvgIpc) is 3.24. The van der Waals surface area contributed by atoms with Crippen molar-refractivity contribution < 1.29 is 19.8 Å². The first-order valence-electron chi connectivity index (χ1n) is 9.37. The summed E-state index contributed by atoms with van der Waals surface area (Å²) in [4.78, 5) is 23.9. The molecule has 1 heterocycles. The fourth-order valence-electron chi connectivity index (χ4n) is 3.73. The minimum Gasteiger partial charge on any atom is -0.481 e. The third-order valence-electron chi connectivity index (χ3n) is 5.12. The van der Waals surface area contributed by atoms with E-state index >= 15 is 0 Å². The number of hydrogen-bond acceptors (Lipinski definition) is 4. The molecule has 2 aromatic carbocycles. The largest absolute Gasteiger partial charge is 0.481 e. The maximum Gasteiger partial charge on any atom is 0.303 e. The van der Waals surface area contributed by atoms with Crippen LogP contribution >= 0.6 is 0 Å². The van der Waals surface area contributed by atoms with Gasteiger partial charge in [0.05, 0.1) is 19.4 Å². The van der Waals surface area contributed by atoms with Gasteiger partial charge < -0.3 is 15.5 Å². The molecule has 2 aromatic rings. The fourth-order valence-corrected chi connectivity index (χ4v) is 3.73. The van der Waals surface area contributed by atoms with Crippen molar-refractivity contribution in [1.82, 2.24) is 5.32 Å². The van der Waals surface area contributed by atoms with E-state index in [4.69, 9.17) is 10.2 Å². The van der Waals surface area contributed by atoms with Gasteiger partial charge in [0.15, 0.2) is 0 Å². The second-order valence-electron chi connectivity index (χ2n) is 6.94. The first kappa shape index (κ1) is 19.6. The summed E-state index contributed by atoms with van der Waals surface area (Å²) in [5.74, 6) is -0.438. The molecule has 0 unspecified atom stereocenters. The summed E-state index contributed by atoms with van der Waals surface area (Å²) in [6.45, 7) is 1.91. The van der Waals surface area contributed by atoms with Crippen LogP contribution in [0.4, 0.5) is 0 Å². The summed E-state index contributed by atoms with van der Waals surface area (Å²) in [6, 6.07) is 21.7. The highest BCUT2D eigenvalue weighted by molar-refractivity contribution is 5.91. The average molecular weight is 380 g/mol. The number of nitrogens with zero attached hydrogens (tertiary/aromatic N) is 1. The highest BCUT2D eigenvalue weighted by Gasteiger charge is 2.59. The Labute approximate surface area is 163 Å². The number of aliphatic imine (C=N–C) groups is 1. The van der Waals surface area contributed by atoms with Crippen molar-refractivity contribution in [1.29, 1.82) is 0 Å². The van der Waals surface area contributed by atoms with Crippen molar-refractivity contribution in [2.45, 2.75) is 24.7 Å². The zero-order chi connectivity index (χ0) is 20.0. The molecule has 0 spiro atoms. The first-order chi connectivity index (χ1) is 13.5. The van der Waals surface area contributed by atoms with Crippen LogP contribution in [0, 0.1) is 5.92 Å². The summed E-state index contributed by atoms with van der Waals surface area (Å²) in [5, 5.41) is 19.3. The van der Waals surface area contributed by atoms with Crippen LogP contribution < -0.4 is 5.32 Å². The molecule has 3 N–H and O–H groups in total. The summed E-state index contributed by atoms with van der Waals surface area (Å²) in [6.07, 6.45) is 0.567. The minimum absolute atomic E-state index is 0.124.